The van der Waals surface area contributed by atoms with Gasteiger partial charge in [0.2, 0.25) is 0 Å². The summed E-state index contributed by atoms with van der Waals surface area (Å²) in [5.74, 6) is -0.957. The second kappa shape index (κ2) is 7.25. The maximum Gasteiger partial charge on any atom is 0.328 e. The Morgan fingerprint density at radius 2 is 1.85 bits per heavy atom. The molecule has 0 amide bonds. The molecule has 2 aromatic carbocycles. The Hall–Kier alpha value is -3.12. The summed E-state index contributed by atoms with van der Waals surface area (Å²) in [6, 6.07) is 14.3. The fraction of sp³-hybridized carbons (Fsp3) is 0.238. The molecule has 4 rings (SSSR count). The number of rotatable bonds is 4. The Bertz CT molecular complexity index is 1000. The van der Waals surface area contributed by atoms with Gasteiger partial charge in [0, 0.05) is 43.6 Å². The molecule has 1 N–H and O–H groups in total. The van der Waals surface area contributed by atoms with Crippen LogP contribution in [0, 0.1) is 0 Å². The van der Waals surface area contributed by atoms with E-state index < -0.39 is 5.97 Å². The van der Waals surface area contributed by atoms with Crippen molar-refractivity contribution >= 4 is 28.8 Å². The van der Waals surface area contributed by atoms with E-state index >= 15 is 0 Å². The van der Waals surface area contributed by atoms with Gasteiger partial charge in [0.1, 0.15) is 6.33 Å². The fourth-order valence-corrected chi connectivity index (χ4v) is 3.41. The highest BCUT2D eigenvalue weighted by atomic mass is 16.4. The van der Waals surface area contributed by atoms with Crippen molar-refractivity contribution in [1.29, 1.82) is 0 Å². The van der Waals surface area contributed by atoms with Crippen LogP contribution in [0.4, 0.5) is 5.69 Å². The molecular formula is C21H22N4O2. The van der Waals surface area contributed by atoms with Gasteiger partial charge in [-0.25, -0.2) is 9.78 Å². The SMILES string of the molecule is CN1CCN(c2cccc(-n3cnc4cc(/C=C/C(=O)O)ccc43)c2)CC1. The third-order valence-corrected chi connectivity index (χ3v) is 4.97. The molecule has 0 radical (unpaired) electrons. The van der Waals surface area contributed by atoms with Gasteiger partial charge in [0.25, 0.3) is 0 Å². The highest BCUT2D eigenvalue weighted by Gasteiger charge is 2.15. The Morgan fingerprint density at radius 1 is 1.07 bits per heavy atom. The quantitative estimate of drug-likeness (QED) is 0.723. The van der Waals surface area contributed by atoms with Gasteiger partial charge in [0.05, 0.1) is 11.0 Å². The van der Waals surface area contributed by atoms with Crippen LogP contribution in [-0.4, -0.2) is 58.8 Å². The molecule has 0 aliphatic carbocycles. The van der Waals surface area contributed by atoms with E-state index in [2.05, 4.69) is 50.7 Å². The Kier molecular flexibility index (Phi) is 4.64. The molecule has 6 heteroatoms. The van der Waals surface area contributed by atoms with Crippen LogP contribution in [0.15, 0.2) is 54.9 Å². The van der Waals surface area contributed by atoms with Crippen molar-refractivity contribution in [2.75, 3.05) is 38.1 Å². The molecule has 1 fully saturated rings. The lowest BCUT2D eigenvalue weighted by Gasteiger charge is -2.34. The topological polar surface area (TPSA) is 61.6 Å². The number of likely N-dealkylation sites (N-methyl/N-ethyl adjacent to an activating group) is 1. The number of carboxylic acids is 1. The van der Waals surface area contributed by atoms with Gasteiger partial charge in [-0.05, 0) is 49.0 Å². The summed E-state index contributed by atoms with van der Waals surface area (Å²) in [5.41, 5.74) is 4.96. The number of piperazine rings is 1. The molecule has 1 aliphatic heterocycles. The first-order valence-electron chi connectivity index (χ1n) is 9.02. The van der Waals surface area contributed by atoms with Crippen LogP contribution in [0.2, 0.25) is 0 Å². The summed E-state index contributed by atoms with van der Waals surface area (Å²) in [6.07, 6.45) is 4.53. The Labute approximate surface area is 158 Å². The summed E-state index contributed by atoms with van der Waals surface area (Å²) in [4.78, 5) is 20.0. The molecule has 1 saturated heterocycles. The molecule has 1 aliphatic rings. The number of aliphatic carboxylic acids is 1. The normalized spacial score (nSPS) is 15.7. The first-order valence-corrected chi connectivity index (χ1v) is 9.02. The fourth-order valence-electron chi connectivity index (χ4n) is 3.41. The number of benzene rings is 2. The molecule has 1 aromatic heterocycles. The van der Waals surface area contributed by atoms with Gasteiger partial charge in [-0.2, -0.15) is 0 Å². The van der Waals surface area contributed by atoms with E-state index in [1.807, 2.05) is 24.5 Å². The van der Waals surface area contributed by atoms with E-state index in [1.165, 1.54) is 5.69 Å². The van der Waals surface area contributed by atoms with Crippen LogP contribution in [0.25, 0.3) is 22.8 Å². The van der Waals surface area contributed by atoms with Gasteiger partial charge in [0.15, 0.2) is 0 Å². The Balaban J connectivity index is 1.64. The average Bonchev–Trinajstić information content (AvgIpc) is 3.10. The molecule has 2 heterocycles. The molecule has 0 spiro atoms. The molecule has 3 aromatic rings. The van der Waals surface area contributed by atoms with E-state index in [4.69, 9.17) is 5.11 Å². The lowest BCUT2D eigenvalue weighted by atomic mass is 10.1. The standard InChI is InChI=1S/C21H22N4O2/c1-23-9-11-24(12-10-23)17-3-2-4-18(14-17)25-15-22-19-13-16(5-7-20(19)25)6-8-21(26)27/h2-8,13-15H,9-12H2,1H3,(H,26,27)/b8-6+. The van der Waals surface area contributed by atoms with Crippen molar-refractivity contribution in [3.63, 3.8) is 0 Å². The monoisotopic (exact) mass is 362 g/mol. The molecule has 0 bridgehead atoms. The molecule has 138 valence electrons. The smallest absolute Gasteiger partial charge is 0.328 e. The van der Waals surface area contributed by atoms with Crippen molar-refractivity contribution in [3.05, 3.63) is 60.4 Å². The summed E-state index contributed by atoms with van der Waals surface area (Å²) >= 11 is 0. The van der Waals surface area contributed by atoms with Gasteiger partial charge in [-0.3, -0.25) is 4.57 Å². The Morgan fingerprint density at radius 3 is 2.63 bits per heavy atom. The molecular weight excluding hydrogens is 340 g/mol. The molecule has 6 nitrogen and oxygen atoms in total. The van der Waals surface area contributed by atoms with Crippen molar-refractivity contribution in [2.24, 2.45) is 0 Å². The van der Waals surface area contributed by atoms with Crippen LogP contribution >= 0.6 is 0 Å². The number of hydrogen-bond donors (Lipinski definition) is 1. The number of carboxylic acid groups (broad SMARTS) is 1. The van der Waals surface area contributed by atoms with Gasteiger partial charge in [-0.15, -0.1) is 0 Å². The van der Waals surface area contributed by atoms with Crippen LogP contribution in [0.3, 0.4) is 0 Å². The van der Waals surface area contributed by atoms with Gasteiger partial charge < -0.3 is 14.9 Å². The van der Waals surface area contributed by atoms with Crippen LogP contribution in [0.1, 0.15) is 5.56 Å². The zero-order valence-electron chi connectivity index (χ0n) is 15.2. The van der Waals surface area contributed by atoms with Crippen molar-refractivity contribution in [1.82, 2.24) is 14.5 Å². The van der Waals surface area contributed by atoms with Gasteiger partial charge in [-0.1, -0.05) is 12.1 Å². The van der Waals surface area contributed by atoms with Crippen molar-refractivity contribution in [2.45, 2.75) is 0 Å². The highest BCUT2D eigenvalue weighted by molar-refractivity contribution is 5.87. The maximum atomic E-state index is 10.7. The summed E-state index contributed by atoms with van der Waals surface area (Å²) in [6.45, 7) is 4.21. The number of aromatic nitrogens is 2. The zero-order valence-corrected chi connectivity index (χ0v) is 15.2. The predicted molar refractivity (Wildman–Crippen MR) is 107 cm³/mol. The largest absolute Gasteiger partial charge is 0.478 e. The van der Waals surface area contributed by atoms with E-state index in [0.717, 1.165) is 54.5 Å². The number of imidazole rings is 1. The first kappa shape index (κ1) is 17.3. The number of nitrogens with zero attached hydrogens (tertiary/aromatic N) is 4. The van der Waals surface area contributed by atoms with Gasteiger partial charge >= 0.3 is 5.97 Å². The highest BCUT2D eigenvalue weighted by Crippen LogP contribution is 2.24. The number of fused-ring (bicyclic) bond motifs is 1. The van der Waals surface area contributed by atoms with Crippen molar-refractivity contribution < 1.29 is 9.90 Å². The van der Waals surface area contributed by atoms with Crippen LogP contribution in [-0.2, 0) is 4.79 Å². The molecule has 0 saturated carbocycles. The molecule has 0 atom stereocenters. The average molecular weight is 362 g/mol. The minimum Gasteiger partial charge on any atom is -0.478 e. The summed E-state index contributed by atoms with van der Waals surface area (Å²) < 4.78 is 2.07. The number of hydrogen-bond acceptors (Lipinski definition) is 4. The molecule has 0 unspecified atom stereocenters. The number of carbonyl (C=O) groups is 1. The third kappa shape index (κ3) is 3.71. The predicted octanol–water partition coefficient (Wildman–Crippen LogP) is 2.88. The van der Waals surface area contributed by atoms with Crippen LogP contribution in [0.5, 0.6) is 0 Å². The molecule has 27 heavy (non-hydrogen) atoms. The minimum absolute atomic E-state index is 0.821. The second-order valence-corrected chi connectivity index (χ2v) is 6.84. The van der Waals surface area contributed by atoms with Crippen LogP contribution < -0.4 is 4.90 Å². The van der Waals surface area contributed by atoms with E-state index in [1.54, 1.807) is 6.08 Å². The minimum atomic E-state index is -0.957. The maximum absolute atomic E-state index is 10.7. The van der Waals surface area contributed by atoms with Crippen molar-refractivity contribution in [3.8, 4) is 5.69 Å². The lowest BCUT2D eigenvalue weighted by Crippen LogP contribution is -2.44. The third-order valence-electron chi connectivity index (χ3n) is 4.97. The number of anilines is 1. The second-order valence-electron chi connectivity index (χ2n) is 6.84. The van der Waals surface area contributed by atoms with E-state index in [-0.39, 0.29) is 0 Å². The van der Waals surface area contributed by atoms with E-state index in [9.17, 15) is 4.79 Å². The summed E-state index contributed by atoms with van der Waals surface area (Å²) in [7, 11) is 2.16. The zero-order chi connectivity index (χ0) is 18.8. The lowest BCUT2D eigenvalue weighted by molar-refractivity contribution is -0.131. The van der Waals surface area contributed by atoms with E-state index in [0.29, 0.717) is 0 Å². The summed E-state index contributed by atoms with van der Waals surface area (Å²) in [5, 5.41) is 8.78. The first-order chi connectivity index (χ1) is 13.1.